The maximum absolute atomic E-state index is 13.5. The molecule has 0 atom stereocenters. The van der Waals surface area contributed by atoms with E-state index in [0.717, 1.165) is 19.6 Å². The van der Waals surface area contributed by atoms with Gasteiger partial charge in [-0.2, -0.15) is 0 Å². The van der Waals surface area contributed by atoms with Crippen LogP contribution in [0.3, 0.4) is 0 Å². The summed E-state index contributed by atoms with van der Waals surface area (Å²) in [5.41, 5.74) is 1.27. The molecule has 134 valence electrons. The lowest BCUT2D eigenvalue weighted by Crippen LogP contribution is -2.56. The molecule has 4 nitrogen and oxygen atoms in total. The van der Waals surface area contributed by atoms with E-state index in [1.807, 2.05) is 23.1 Å². The van der Waals surface area contributed by atoms with Crippen LogP contribution in [0, 0.1) is 5.82 Å². The number of anilines is 1. The Hall–Kier alpha value is -2.24. The molecule has 2 aliphatic heterocycles. The van der Waals surface area contributed by atoms with Gasteiger partial charge in [-0.1, -0.05) is 41.9 Å². The predicted octanol–water partition coefficient (Wildman–Crippen LogP) is 3.89. The minimum Gasteiger partial charge on any atom is -0.317 e. The van der Waals surface area contributed by atoms with Crippen LogP contribution in [0.25, 0.3) is 0 Å². The van der Waals surface area contributed by atoms with Gasteiger partial charge in [0.05, 0.1) is 11.4 Å². The molecular formula is C20H19ClFN3O. The number of piperidine rings is 1. The van der Waals surface area contributed by atoms with Crippen molar-refractivity contribution in [2.24, 2.45) is 4.99 Å². The van der Waals surface area contributed by atoms with Crippen LogP contribution in [-0.2, 0) is 11.3 Å². The molecule has 2 aromatic rings. The number of carbonyl (C=O) groups excluding carboxylic acids is 1. The van der Waals surface area contributed by atoms with Crippen LogP contribution in [0.1, 0.15) is 18.4 Å². The third kappa shape index (κ3) is 3.02. The topological polar surface area (TPSA) is 35.9 Å². The molecule has 1 amide bonds. The zero-order valence-corrected chi connectivity index (χ0v) is 15.0. The van der Waals surface area contributed by atoms with Crippen LogP contribution in [-0.4, -0.2) is 35.8 Å². The molecule has 4 rings (SSSR count). The first-order valence-corrected chi connectivity index (χ1v) is 9.06. The molecular weight excluding hydrogens is 353 g/mol. The van der Waals surface area contributed by atoms with E-state index in [4.69, 9.17) is 11.6 Å². The normalized spacial score (nSPS) is 19.5. The van der Waals surface area contributed by atoms with E-state index >= 15 is 0 Å². The van der Waals surface area contributed by atoms with Gasteiger partial charge in [0.25, 0.3) is 5.91 Å². The largest absolute Gasteiger partial charge is 0.317 e. The van der Waals surface area contributed by atoms with E-state index in [-0.39, 0.29) is 10.9 Å². The SMILES string of the molecule is O=C1N=CN(c2ccc(F)c(Cl)c2)C12CCN(Cc1ccccc1)CC2. The summed E-state index contributed by atoms with van der Waals surface area (Å²) in [4.78, 5) is 20.8. The predicted molar refractivity (Wildman–Crippen MR) is 101 cm³/mol. The average molecular weight is 372 g/mol. The smallest absolute Gasteiger partial charge is 0.273 e. The van der Waals surface area contributed by atoms with Gasteiger partial charge in [-0.25, -0.2) is 9.38 Å². The van der Waals surface area contributed by atoms with Crippen molar-refractivity contribution < 1.29 is 9.18 Å². The Bertz CT molecular complexity index is 847. The zero-order valence-electron chi connectivity index (χ0n) is 14.2. The molecule has 26 heavy (non-hydrogen) atoms. The van der Waals surface area contributed by atoms with Crippen molar-refractivity contribution in [1.82, 2.24) is 4.90 Å². The van der Waals surface area contributed by atoms with Gasteiger partial charge in [0.15, 0.2) is 0 Å². The summed E-state index contributed by atoms with van der Waals surface area (Å²) in [6.45, 7) is 2.47. The first-order valence-electron chi connectivity index (χ1n) is 8.68. The third-order valence-corrected chi connectivity index (χ3v) is 5.55. The maximum atomic E-state index is 13.5. The Balaban J connectivity index is 1.52. The summed E-state index contributed by atoms with van der Waals surface area (Å²) in [6, 6.07) is 14.8. The van der Waals surface area contributed by atoms with E-state index in [1.165, 1.54) is 11.6 Å². The highest BCUT2D eigenvalue weighted by Gasteiger charge is 2.49. The standard InChI is InChI=1S/C20H19ClFN3O/c21-17-12-16(6-7-18(17)22)25-14-23-19(26)20(25)8-10-24(11-9-20)13-15-4-2-1-3-5-15/h1-7,12,14H,8-11,13H2. The Morgan fingerprint density at radius 3 is 2.54 bits per heavy atom. The van der Waals surface area contributed by atoms with E-state index in [9.17, 15) is 9.18 Å². The van der Waals surface area contributed by atoms with Crippen molar-refractivity contribution in [1.29, 1.82) is 0 Å². The van der Waals surface area contributed by atoms with E-state index in [1.54, 1.807) is 18.5 Å². The fourth-order valence-corrected chi connectivity index (χ4v) is 3.94. The molecule has 2 heterocycles. The zero-order chi connectivity index (χ0) is 18.1. The number of halogens is 2. The summed E-state index contributed by atoms with van der Waals surface area (Å²) in [5.74, 6) is -0.595. The number of amides is 1. The van der Waals surface area contributed by atoms with Gasteiger partial charge < -0.3 is 4.90 Å². The van der Waals surface area contributed by atoms with E-state index < -0.39 is 11.4 Å². The Kier molecular flexibility index (Phi) is 4.51. The Morgan fingerprint density at radius 2 is 1.85 bits per heavy atom. The van der Waals surface area contributed by atoms with Crippen LogP contribution < -0.4 is 4.90 Å². The summed E-state index contributed by atoms with van der Waals surface area (Å²) in [7, 11) is 0. The molecule has 1 saturated heterocycles. The number of likely N-dealkylation sites (tertiary alicyclic amines) is 1. The van der Waals surface area contributed by atoms with Crippen molar-refractivity contribution in [3.63, 3.8) is 0 Å². The highest BCUT2D eigenvalue weighted by Crippen LogP contribution is 2.37. The first-order chi connectivity index (χ1) is 12.6. The number of nitrogens with zero attached hydrogens (tertiary/aromatic N) is 3. The second-order valence-electron chi connectivity index (χ2n) is 6.81. The summed E-state index contributed by atoms with van der Waals surface area (Å²) < 4.78 is 13.5. The van der Waals surface area contributed by atoms with Crippen LogP contribution in [0.5, 0.6) is 0 Å². The highest BCUT2D eigenvalue weighted by molar-refractivity contribution is 6.31. The lowest BCUT2D eigenvalue weighted by atomic mass is 9.85. The van der Waals surface area contributed by atoms with Gasteiger partial charge in [-0.3, -0.25) is 9.69 Å². The second kappa shape index (κ2) is 6.82. The van der Waals surface area contributed by atoms with Crippen LogP contribution in [0.2, 0.25) is 5.02 Å². The fourth-order valence-electron chi connectivity index (χ4n) is 3.77. The van der Waals surface area contributed by atoms with E-state index in [0.29, 0.717) is 18.5 Å². The second-order valence-corrected chi connectivity index (χ2v) is 7.22. The molecule has 6 heteroatoms. The number of hydrogen-bond donors (Lipinski definition) is 0. The van der Waals surface area contributed by atoms with Crippen molar-refractivity contribution in [2.45, 2.75) is 24.9 Å². The van der Waals surface area contributed by atoms with Crippen molar-refractivity contribution in [3.8, 4) is 0 Å². The molecule has 0 bridgehead atoms. The molecule has 0 saturated carbocycles. The number of hydrogen-bond acceptors (Lipinski definition) is 3. The quantitative estimate of drug-likeness (QED) is 0.821. The molecule has 0 aromatic heterocycles. The molecule has 2 aromatic carbocycles. The van der Waals surface area contributed by atoms with Gasteiger partial charge in [0, 0.05) is 25.3 Å². The summed E-state index contributed by atoms with van der Waals surface area (Å²) >= 11 is 5.93. The van der Waals surface area contributed by atoms with Gasteiger partial charge in [0.2, 0.25) is 0 Å². The third-order valence-electron chi connectivity index (χ3n) is 5.26. The molecule has 1 fully saturated rings. The fraction of sp³-hybridized carbons (Fsp3) is 0.300. The molecule has 2 aliphatic rings. The molecule has 1 spiro atoms. The minimum absolute atomic E-state index is 0.0481. The van der Waals surface area contributed by atoms with Crippen LogP contribution in [0.15, 0.2) is 53.5 Å². The van der Waals surface area contributed by atoms with Crippen molar-refractivity contribution in [3.05, 3.63) is 64.9 Å². The van der Waals surface area contributed by atoms with E-state index in [2.05, 4.69) is 22.0 Å². The van der Waals surface area contributed by atoms with Crippen molar-refractivity contribution in [2.75, 3.05) is 18.0 Å². The first kappa shape index (κ1) is 17.2. The molecule has 0 aliphatic carbocycles. The molecule has 0 N–H and O–H groups in total. The lowest BCUT2D eigenvalue weighted by Gasteiger charge is -2.43. The Morgan fingerprint density at radius 1 is 1.12 bits per heavy atom. The van der Waals surface area contributed by atoms with Crippen molar-refractivity contribution >= 4 is 29.5 Å². The average Bonchev–Trinajstić information content (AvgIpc) is 2.97. The van der Waals surface area contributed by atoms with Gasteiger partial charge in [0.1, 0.15) is 11.4 Å². The summed E-state index contributed by atoms with van der Waals surface area (Å²) in [5, 5.41) is 0.0481. The van der Waals surface area contributed by atoms with Gasteiger partial charge in [-0.15, -0.1) is 0 Å². The van der Waals surface area contributed by atoms with Gasteiger partial charge >= 0.3 is 0 Å². The minimum atomic E-state index is -0.686. The summed E-state index contributed by atoms with van der Waals surface area (Å²) in [6.07, 6.45) is 2.90. The van der Waals surface area contributed by atoms with Crippen LogP contribution >= 0.6 is 11.6 Å². The monoisotopic (exact) mass is 371 g/mol. The molecule has 0 unspecified atom stereocenters. The Labute approximate surface area is 156 Å². The maximum Gasteiger partial charge on any atom is 0.273 e. The van der Waals surface area contributed by atoms with Gasteiger partial charge in [-0.05, 0) is 36.6 Å². The molecule has 0 radical (unpaired) electrons. The number of rotatable bonds is 3. The number of carbonyl (C=O) groups is 1. The lowest BCUT2D eigenvalue weighted by molar-refractivity contribution is -0.123. The highest BCUT2D eigenvalue weighted by atomic mass is 35.5. The number of benzene rings is 2. The van der Waals surface area contributed by atoms with Crippen LogP contribution in [0.4, 0.5) is 10.1 Å². The number of aliphatic imine (C=N–C) groups is 1.